The number of hydrogen-bond donors (Lipinski definition) is 3. The molecule has 0 radical (unpaired) electrons. The van der Waals surface area contributed by atoms with E-state index in [1.165, 1.54) is 19.2 Å². The summed E-state index contributed by atoms with van der Waals surface area (Å²) in [5.74, 6) is 0. The molecule has 142 valence electrons. The first-order valence-corrected chi connectivity index (χ1v) is 8.41. The lowest BCUT2D eigenvalue weighted by Crippen LogP contribution is -2.62. The first-order valence-electron chi connectivity index (χ1n) is 8.41. The molecule has 2 atom stereocenters. The van der Waals surface area contributed by atoms with E-state index in [1.807, 2.05) is 0 Å². The molecule has 0 spiro atoms. The highest BCUT2D eigenvalue weighted by Crippen LogP contribution is 2.39. The summed E-state index contributed by atoms with van der Waals surface area (Å²) in [5.41, 5.74) is 1.30. The minimum atomic E-state index is -4.59. The molecule has 2 heterocycles. The Balaban J connectivity index is 0.00000261. The van der Waals surface area contributed by atoms with Crippen LogP contribution in [0, 0.1) is 5.41 Å². The number of halogens is 3. The van der Waals surface area contributed by atoms with E-state index in [0.717, 1.165) is 38.0 Å². The van der Waals surface area contributed by atoms with Crippen LogP contribution < -0.4 is 10.7 Å². The smallest absolute Gasteiger partial charge is 0.318 e. The molecule has 1 aromatic carbocycles. The normalized spacial score (nSPS) is 22.5. The number of amides is 2. The van der Waals surface area contributed by atoms with Gasteiger partial charge in [0.2, 0.25) is 0 Å². The van der Waals surface area contributed by atoms with E-state index < -0.39 is 11.7 Å². The van der Waals surface area contributed by atoms with Crippen LogP contribution in [-0.4, -0.2) is 42.0 Å². The highest BCUT2D eigenvalue weighted by molar-refractivity contribution is 6.37. The maximum atomic E-state index is 13.3. The lowest BCUT2D eigenvalue weighted by molar-refractivity contribution is -0.137. The summed E-state index contributed by atoms with van der Waals surface area (Å²) in [4.78, 5) is 14.2. The summed E-state index contributed by atoms with van der Waals surface area (Å²) >= 11 is 0. The van der Waals surface area contributed by atoms with Gasteiger partial charge in [0.25, 0.3) is 0 Å². The number of rotatable bonds is 4. The SMILES string of the molecule is CN/N=C(\C=N)c1cc(NC(=O)N2C3CCCC2C3)ccc1C(F)(F)F.[HH]. The standard InChI is InChI=1S/C17H20F3N5O.H2/c1-22-24-15(9-21)13-7-10(5-6-14(13)17(18,19)20)23-16(26)25-11-3-2-4-12(25)8-11;/h5-7,9,11-12,21-22H,2-4,8H2,1H3,(H,23,26);1H/b21-9?,24-15+;. The maximum Gasteiger partial charge on any atom is 0.417 e. The zero-order chi connectivity index (χ0) is 18.9. The highest BCUT2D eigenvalue weighted by atomic mass is 19.4. The lowest BCUT2D eigenvalue weighted by atomic mass is 9.80. The van der Waals surface area contributed by atoms with Crippen LogP contribution in [0.1, 0.15) is 38.2 Å². The van der Waals surface area contributed by atoms with Crippen molar-refractivity contribution in [2.75, 3.05) is 12.4 Å². The summed E-state index contributed by atoms with van der Waals surface area (Å²) in [6.07, 6.45) is 0.186. The maximum absolute atomic E-state index is 13.3. The number of anilines is 1. The van der Waals surface area contributed by atoms with Crippen molar-refractivity contribution in [1.82, 2.24) is 10.3 Å². The largest absolute Gasteiger partial charge is 0.417 e. The van der Waals surface area contributed by atoms with E-state index in [9.17, 15) is 18.0 Å². The number of piperidine rings is 1. The molecule has 0 saturated carbocycles. The van der Waals surface area contributed by atoms with Crippen LogP contribution in [0.5, 0.6) is 0 Å². The van der Waals surface area contributed by atoms with Crippen LogP contribution in [0.15, 0.2) is 23.3 Å². The second-order valence-electron chi connectivity index (χ2n) is 6.43. The van der Waals surface area contributed by atoms with Crippen molar-refractivity contribution in [3.05, 3.63) is 29.3 Å². The van der Waals surface area contributed by atoms with Gasteiger partial charge in [-0.2, -0.15) is 18.3 Å². The Labute approximate surface area is 150 Å². The summed E-state index contributed by atoms with van der Waals surface area (Å²) in [6, 6.07) is 3.49. The van der Waals surface area contributed by atoms with Gasteiger partial charge in [-0.25, -0.2) is 4.79 Å². The van der Waals surface area contributed by atoms with Gasteiger partial charge in [-0.15, -0.1) is 0 Å². The molecular formula is C17H22F3N5O. The second kappa shape index (κ2) is 6.97. The lowest BCUT2D eigenvalue weighted by Gasteiger charge is -2.52. The molecule has 2 aliphatic heterocycles. The van der Waals surface area contributed by atoms with Crippen molar-refractivity contribution in [2.24, 2.45) is 5.10 Å². The average molecular weight is 369 g/mol. The third-order valence-electron chi connectivity index (χ3n) is 4.86. The van der Waals surface area contributed by atoms with Gasteiger partial charge in [0, 0.05) is 38.0 Å². The predicted molar refractivity (Wildman–Crippen MR) is 94.8 cm³/mol. The molecule has 0 aliphatic carbocycles. The molecule has 2 fully saturated rings. The van der Waals surface area contributed by atoms with Crippen molar-refractivity contribution in [3.63, 3.8) is 0 Å². The van der Waals surface area contributed by atoms with E-state index >= 15 is 0 Å². The Morgan fingerprint density at radius 3 is 2.62 bits per heavy atom. The van der Waals surface area contributed by atoms with Gasteiger partial charge >= 0.3 is 12.2 Å². The molecule has 3 N–H and O–H groups in total. The number of carbonyl (C=O) groups is 1. The molecule has 3 rings (SSSR count). The van der Waals surface area contributed by atoms with Crippen LogP contribution in [-0.2, 0) is 6.18 Å². The van der Waals surface area contributed by atoms with Gasteiger partial charge in [0.1, 0.15) is 5.71 Å². The van der Waals surface area contributed by atoms with Gasteiger partial charge in [-0.1, -0.05) is 0 Å². The number of nitrogens with one attached hydrogen (secondary N) is 3. The van der Waals surface area contributed by atoms with Crippen molar-refractivity contribution >= 4 is 23.6 Å². The van der Waals surface area contributed by atoms with Crippen molar-refractivity contribution in [1.29, 1.82) is 5.41 Å². The van der Waals surface area contributed by atoms with E-state index in [1.54, 1.807) is 4.90 Å². The number of hydrazone groups is 1. The quantitative estimate of drug-likeness (QED) is 0.559. The molecule has 2 amide bonds. The molecule has 9 heteroatoms. The van der Waals surface area contributed by atoms with Gasteiger partial charge in [-0.3, -0.25) is 0 Å². The minimum Gasteiger partial charge on any atom is -0.318 e. The predicted octanol–water partition coefficient (Wildman–Crippen LogP) is 3.68. The number of benzene rings is 1. The van der Waals surface area contributed by atoms with Crippen LogP contribution in [0.3, 0.4) is 0 Å². The summed E-state index contributed by atoms with van der Waals surface area (Å²) < 4.78 is 39.8. The Morgan fingerprint density at radius 2 is 2.08 bits per heavy atom. The Kier molecular flexibility index (Phi) is 4.88. The van der Waals surface area contributed by atoms with Gasteiger partial charge < -0.3 is 21.1 Å². The van der Waals surface area contributed by atoms with Crippen molar-refractivity contribution in [2.45, 2.75) is 43.9 Å². The number of urea groups is 1. The number of alkyl halides is 3. The highest BCUT2D eigenvalue weighted by Gasteiger charge is 2.44. The molecule has 6 nitrogen and oxygen atoms in total. The Bertz CT molecular complexity index is 739. The summed E-state index contributed by atoms with van der Waals surface area (Å²) in [7, 11) is 1.44. The van der Waals surface area contributed by atoms with Crippen LogP contribution in [0.25, 0.3) is 0 Å². The zero-order valence-corrected chi connectivity index (χ0v) is 14.2. The number of carbonyl (C=O) groups excluding carboxylic acids is 1. The van der Waals surface area contributed by atoms with Crippen molar-refractivity contribution in [3.8, 4) is 0 Å². The monoisotopic (exact) mass is 369 g/mol. The fourth-order valence-electron chi connectivity index (χ4n) is 3.70. The molecule has 26 heavy (non-hydrogen) atoms. The van der Waals surface area contributed by atoms with E-state index in [-0.39, 0.29) is 36.5 Å². The summed E-state index contributed by atoms with van der Waals surface area (Å²) in [5, 5.41) is 13.7. The zero-order valence-electron chi connectivity index (χ0n) is 14.2. The molecule has 0 aromatic heterocycles. The van der Waals surface area contributed by atoms with Crippen molar-refractivity contribution < 1.29 is 19.4 Å². The number of hydrogen-bond acceptors (Lipinski definition) is 4. The first kappa shape index (κ1) is 18.2. The fourth-order valence-corrected chi connectivity index (χ4v) is 3.70. The summed E-state index contributed by atoms with van der Waals surface area (Å²) in [6.45, 7) is 0. The molecule has 2 unspecified atom stereocenters. The van der Waals surface area contributed by atoms with Gasteiger partial charge in [0.15, 0.2) is 0 Å². The molecule has 2 saturated heterocycles. The number of nitrogens with zero attached hydrogens (tertiary/aromatic N) is 2. The fraction of sp³-hybridized carbons (Fsp3) is 0.471. The molecule has 2 bridgehead atoms. The van der Waals surface area contributed by atoms with Crippen LogP contribution >= 0.6 is 0 Å². The van der Waals surface area contributed by atoms with E-state index in [4.69, 9.17) is 5.41 Å². The van der Waals surface area contributed by atoms with Gasteiger partial charge in [-0.05, 0) is 43.9 Å². The van der Waals surface area contributed by atoms with E-state index in [0.29, 0.717) is 0 Å². The third-order valence-corrected chi connectivity index (χ3v) is 4.86. The molecule has 1 aromatic rings. The molecule has 2 aliphatic rings. The molecular weight excluding hydrogens is 347 g/mol. The van der Waals surface area contributed by atoms with Crippen LogP contribution in [0.4, 0.5) is 23.7 Å². The Hall–Kier alpha value is -2.58. The first-order chi connectivity index (χ1) is 12.3. The van der Waals surface area contributed by atoms with E-state index in [2.05, 4.69) is 15.8 Å². The van der Waals surface area contributed by atoms with Gasteiger partial charge in [0.05, 0.1) is 5.56 Å². The topological polar surface area (TPSA) is 80.6 Å². The van der Waals surface area contributed by atoms with Crippen LogP contribution in [0.2, 0.25) is 0 Å². The Morgan fingerprint density at radius 1 is 1.38 bits per heavy atom. The average Bonchev–Trinajstić information content (AvgIpc) is 2.59. The minimum absolute atomic E-state index is 0. The third kappa shape index (κ3) is 3.38. The number of fused-ring (bicyclic) bond motifs is 2. The second-order valence-corrected chi connectivity index (χ2v) is 6.43.